The van der Waals surface area contributed by atoms with E-state index in [1.54, 1.807) is 0 Å². The molecule has 0 amide bonds. The molecule has 0 spiro atoms. The van der Waals surface area contributed by atoms with Crippen molar-refractivity contribution in [1.82, 2.24) is 4.90 Å². The van der Waals surface area contributed by atoms with Gasteiger partial charge in [0.1, 0.15) is 0 Å². The Hall–Kier alpha value is -0.460. The van der Waals surface area contributed by atoms with Gasteiger partial charge >= 0.3 is 0 Å². The van der Waals surface area contributed by atoms with Gasteiger partial charge in [-0.15, -0.1) is 0 Å². The van der Waals surface area contributed by atoms with Gasteiger partial charge in [0.2, 0.25) is 0 Å². The Labute approximate surface area is 147 Å². The number of hydrogen-bond donors (Lipinski definition) is 0. The zero-order chi connectivity index (χ0) is 17.0. The van der Waals surface area contributed by atoms with Crippen molar-refractivity contribution in [3.8, 4) is 0 Å². The first-order chi connectivity index (χ1) is 11.3. The van der Waals surface area contributed by atoms with Crippen molar-refractivity contribution in [2.24, 2.45) is 0 Å². The Morgan fingerprint density at radius 2 is 0.870 bits per heavy atom. The molecular weight excluding hydrogens is 278 g/mol. The molecular formula is C22H45N. The summed E-state index contributed by atoms with van der Waals surface area (Å²) in [5.41, 5.74) is 0. The molecule has 138 valence electrons. The quantitative estimate of drug-likeness (QED) is 0.233. The molecule has 0 aliphatic rings. The summed E-state index contributed by atoms with van der Waals surface area (Å²) in [6.45, 7) is 2.30. The molecule has 0 aliphatic carbocycles. The lowest BCUT2D eigenvalue weighted by atomic mass is 10.0. The minimum atomic E-state index is 1.25. The van der Waals surface area contributed by atoms with Gasteiger partial charge in [0.15, 0.2) is 0 Å². The summed E-state index contributed by atoms with van der Waals surface area (Å²) >= 11 is 0. The van der Waals surface area contributed by atoms with Gasteiger partial charge in [-0.2, -0.15) is 0 Å². The van der Waals surface area contributed by atoms with E-state index in [2.05, 4.69) is 38.2 Å². The third kappa shape index (κ3) is 21.5. The first kappa shape index (κ1) is 22.5. The van der Waals surface area contributed by atoms with Crippen LogP contribution in [0, 0.1) is 0 Å². The van der Waals surface area contributed by atoms with Crippen molar-refractivity contribution in [3.05, 3.63) is 12.3 Å². The highest BCUT2D eigenvalue weighted by Gasteiger charge is 1.94. The fraction of sp³-hybridized carbons (Fsp3) is 0.909. The number of unbranched alkanes of at least 4 members (excludes halogenated alkanes) is 16. The molecule has 0 bridgehead atoms. The molecule has 0 fully saturated rings. The van der Waals surface area contributed by atoms with Crippen molar-refractivity contribution < 1.29 is 0 Å². The molecule has 0 radical (unpaired) electrons. The predicted molar refractivity (Wildman–Crippen MR) is 107 cm³/mol. The van der Waals surface area contributed by atoms with Crippen LogP contribution in [0.3, 0.4) is 0 Å². The summed E-state index contributed by atoms with van der Waals surface area (Å²) in [5.74, 6) is 0. The fourth-order valence-corrected chi connectivity index (χ4v) is 3.10. The normalized spacial score (nSPS) is 11.4. The molecule has 23 heavy (non-hydrogen) atoms. The van der Waals surface area contributed by atoms with E-state index in [-0.39, 0.29) is 0 Å². The second-order valence-corrected chi connectivity index (χ2v) is 7.44. The number of rotatable bonds is 18. The zero-order valence-electron chi connectivity index (χ0n) is 16.6. The molecule has 0 atom stereocenters. The predicted octanol–water partition coefficient (Wildman–Crippen LogP) is 7.71. The molecule has 0 N–H and O–H groups in total. The van der Waals surface area contributed by atoms with E-state index in [0.29, 0.717) is 0 Å². The molecule has 0 saturated carbocycles. The highest BCUT2D eigenvalue weighted by Crippen LogP contribution is 2.14. The molecule has 1 nitrogen and oxygen atoms in total. The maximum absolute atomic E-state index is 2.30. The van der Waals surface area contributed by atoms with Crippen molar-refractivity contribution >= 4 is 0 Å². The highest BCUT2D eigenvalue weighted by molar-refractivity contribution is 4.78. The van der Waals surface area contributed by atoms with E-state index in [1.807, 2.05) is 0 Å². The monoisotopic (exact) mass is 323 g/mol. The van der Waals surface area contributed by atoms with Gasteiger partial charge < -0.3 is 4.90 Å². The van der Waals surface area contributed by atoms with Crippen LogP contribution in [0.25, 0.3) is 0 Å². The van der Waals surface area contributed by atoms with Crippen molar-refractivity contribution in [3.63, 3.8) is 0 Å². The van der Waals surface area contributed by atoms with Crippen LogP contribution in [0.2, 0.25) is 0 Å². The third-order valence-electron chi connectivity index (χ3n) is 4.63. The highest BCUT2D eigenvalue weighted by atomic mass is 15.0. The summed E-state index contributed by atoms with van der Waals surface area (Å²) < 4.78 is 0. The topological polar surface area (TPSA) is 3.24 Å². The Balaban J connectivity index is 3.00. The summed E-state index contributed by atoms with van der Waals surface area (Å²) in [4.78, 5) is 2.12. The largest absolute Gasteiger partial charge is 0.384 e. The van der Waals surface area contributed by atoms with E-state index >= 15 is 0 Å². The standard InChI is InChI=1S/C22H45N/c1-4-5-6-7-8-9-10-11-12-13-14-15-16-17-18-19-20-21-22-23(2)3/h21-22H,4-20H2,1-3H3. The fourth-order valence-electron chi connectivity index (χ4n) is 3.10. The van der Waals surface area contributed by atoms with Crippen molar-refractivity contribution in [2.75, 3.05) is 14.1 Å². The summed E-state index contributed by atoms with van der Waals surface area (Å²) in [6, 6.07) is 0. The Morgan fingerprint density at radius 3 is 1.22 bits per heavy atom. The minimum Gasteiger partial charge on any atom is -0.384 e. The van der Waals surface area contributed by atoms with Crippen LogP contribution < -0.4 is 0 Å². The van der Waals surface area contributed by atoms with Crippen molar-refractivity contribution in [2.45, 2.75) is 116 Å². The minimum absolute atomic E-state index is 1.25. The van der Waals surface area contributed by atoms with E-state index in [0.717, 1.165) is 0 Å². The summed E-state index contributed by atoms with van der Waals surface area (Å²) in [5, 5.41) is 0. The van der Waals surface area contributed by atoms with Crippen LogP contribution in [0.15, 0.2) is 12.3 Å². The molecule has 0 rings (SSSR count). The van der Waals surface area contributed by atoms with Crippen LogP contribution in [0.1, 0.15) is 116 Å². The number of allylic oxidation sites excluding steroid dienone is 1. The zero-order valence-corrected chi connectivity index (χ0v) is 16.6. The second-order valence-electron chi connectivity index (χ2n) is 7.44. The molecule has 0 heterocycles. The van der Waals surface area contributed by atoms with E-state index in [1.165, 1.54) is 109 Å². The maximum Gasteiger partial charge on any atom is 0.00555 e. The molecule has 0 aliphatic heterocycles. The van der Waals surface area contributed by atoms with Crippen molar-refractivity contribution in [1.29, 1.82) is 0 Å². The van der Waals surface area contributed by atoms with Crippen LogP contribution >= 0.6 is 0 Å². The molecule has 0 aromatic heterocycles. The van der Waals surface area contributed by atoms with Gasteiger partial charge in [0, 0.05) is 14.1 Å². The SMILES string of the molecule is CCCCCCCCCCCCCCCCCCC=CN(C)C. The second kappa shape index (κ2) is 19.6. The smallest absolute Gasteiger partial charge is 0.00555 e. The Morgan fingerprint density at radius 1 is 0.522 bits per heavy atom. The Bertz CT molecular complexity index is 232. The van der Waals surface area contributed by atoms with Crippen LogP contribution in [-0.2, 0) is 0 Å². The number of nitrogens with zero attached hydrogens (tertiary/aromatic N) is 1. The lowest BCUT2D eigenvalue weighted by molar-refractivity contribution is 0.529. The lowest BCUT2D eigenvalue weighted by Gasteiger charge is -2.04. The number of hydrogen-bond acceptors (Lipinski definition) is 1. The Kier molecular flexibility index (Phi) is 19.2. The lowest BCUT2D eigenvalue weighted by Crippen LogP contribution is -1.99. The molecule has 0 saturated heterocycles. The van der Waals surface area contributed by atoms with Crippen LogP contribution in [0.5, 0.6) is 0 Å². The van der Waals surface area contributed by atoms with E-state index < -0.39 is 0 Å². The van der Waals surface area contributed by atoms with Gasteiger partial charge in [0.05, 0.1) is 0 Å². The van der Waals surface area contributed by atoms with Gasteiger partial charge in [-0.1, -0.05) is 109 Å². The first-order valence-corrected chi connectivity index (χ1v) is 10.6. The molecule has 0 unspecified atom stereocenters. The first-order valence-electron chi connectivity index (χ1n) is 10.6. The van der Waals surface area contributed by atoms with Gasteiger partial charge in [-0.05, 0) is 19.0 Å². The third-order valence-corrected chi connectivity index (χ3v) is 4.63. The van der Waals surface area contributed by atoms with Gasteiger partial charge in [0.25, 0.3) is 0 Å². The van der Waals surface area contributed by atoms with E-state index in [9.17, 15) is 0 Å². The molecule has 1 heteroatoms. The maximum atomic E-state index is 2.30. The summed E-state index contributed by atoms with van der Waals surface area (Å²) in [6.07, 6.45) is 28.9. The van der Waals surface area contributed by atoms with Crippen LogP contribution in [0.4, 0.5) is 0 Å². The van der Waals surface area contributed by atoms with Gasteiger partial charge in [-0.25, -0.2) is 0 Å². The molecule has 0 aromatic rings. The summed E-state index contributed by atoms with van der Waals surface area (Å²) in [7, 11) is 4.17. The average molecular weight is 324 g/mol. The van der Waals surface area contributed by atoms with E-state index in [4.69, 9.17) is 0 Å². The van der Waals surface area contributed by atoms with Gasteiger partial charge in [-0.3, -0.25) is 0 Å². The average Bonchev–Trinajstić information content (AvgIpc) is 2.53. The van der Waals surface area contributed by atoms with Crippen LogP contribution in [-0.4, -0.2) is 19.0 Å². The molecule has 0 aromatic carbocycles.